The van der Waals surface area contributed by atoms with Gasteiger partial charge in [0, 0.05) is 39.6 Å². The zero-order chi connectivity index (χ0) is 16.8. The molecule has 0 bridgehead atoms. The number of likely N-dealkylation sites (tertiary alicyclic amines) is 1. The van der Waals surface area contributed by atoms with Crippen LogP contribution in [0.2, 0.25) is 0 Å². The van der Waals surface area contributed by atoms with E-state index in [1.54, 1.807) is 18.4 Å². The van der Waals surface area contributed by atoms with Gasteiger partial charge in [-0.15, -0.1) is 11.3 Å². The van der Waals surface area contributed by atoms with Crippen LogP contribution >= 0.6 is 11.3 Å². The first kappa shape index (κ1) is 17.3. The third-order valence-corrected chi connectivity index (χ3v) is 5.57. The van der Waals surface area contributed by atoms with E-state index in [1.165, 1.54) is 4.70 Å². The van der Waals surface area contributed by atoms with E-state index in [-0.39, 0.29) is 5.91 Å². The highest BCUT2D eigenvalue weighted by molar-refractivity contribution is 7.18. The molecule has 1 amide bonds. The van der Waals surface area contributed by atoms with E-state index in [0.717, 1.165) is 56.2 Å². The fourth-order valence-corrected chi connectivity index (χ4v) is 4.06. The van der Waals surface area contributed by atoms with Gasteiger partial charge in [0.25, 0.3) is 0 Å². The number of benzene rings is 1. The monoisotopic (exact) mass is 347 g/mol. The zero-order valence-corrected chi connectivity index (χ0v) is 15.0. The van der Waals surface area contributed by atoms with Gasteiger partial charge in [0.1, 0.15) is 0 Å². The van der Waals surface area contributed by atoms with Gasteiger partial charge < -0.3 is 15.0 Å². The number of thiazole rings is 1. The van der Waals surface area contributed by atoms with E-state index in [0.29, 0.717) is 12.3 Å². The van der Waals surface area contributed by atoms with Crippen molar-refractivity contribution in [2.75, 3.05) is 39.9 Å². The number of fused-ring (bicyclic) bond motifs is 1. The molecule has 1 aromatic heterocycles. The number of aromatic nitrogens is 1. The number of carbonyl (C=O) groups is 1. The maximum Gasteiger partial charge on any atom is 0.220 e. The summed E-state index contributed by atoms with van der Waals surface area (Å²) in [5, 5.41) is 4.13. The average molecular weight is 347 g/mol. The van der Waals surface area contributed by atoms with Gasteiger partial charge in [0.05, 0.1) is 21.8 Å². The topological polar surface area (TPSA) is 54.5 Å². The zero-order valence-electron chi connectivity index (χ0n) is 14.2. The summed E-state index contributed by atoms with van der Waals surface area (Å²) in [6.45, 7) is 4.71. The van der Waals surface area contributed by atoms with Crippen LogP contribution in [-0.4, -0.2) is 55.7 Å². The molecule has 0 unspecified atom stereocenters. The van der Waals surface area contributed by atoms with E-state index in [2.05, 4.69) is 21.3 Å². The summed E-state index contributed by atoms with van der Waals surface area (Å²) < 4.78 is 6.31. The Kier molecular flexibility index (Phi) is 6.18. The number of nitrogens with one attached hydrogen (secondary N) is 1. The number of carbonyl (C=O) groups excluding carboxylic acids is 1. The summed E-state index contributed by atoms with van der Waals surface area (Å²) in [5.74, 6) is 0.692. The van der Waals surface area contributed by atoms with Crippen molar-refractivity contribution in [2.45, 2.75) is 19.3 Å². The lowest BCUT2D eigenvalue weighted by molar-refractivity contribution is -0.121. The van der Waals surface area contributed by atoms with Gasteiger partial charge in [-0.1, -0.05) is 12.1 Å². The van der Waals surface area contributed by atoms with Crippen molar-refractivity contribution in [3.63, 3.8) is 0 Å². The number of rotatable bonds is 8. The first-order valence-electron chi connectivity index (χ1n) is 8.57. The predicted molar refractivity (Wildman–Crippen MR) is 97.4 cm³/mol. The Labute approximate surface area is 147 Å². The molecule has 130 valence electrons. The van der Waals surface area contributed by atoms with Crippen LogP contribution < -0.4 is 5.32 Å². The molecule has 0 aliphatic carbocycles. The minimum Gasteiger partial charge on any atom is -0.383 e. The molecule has 1 aliphatic heterocycles. The van der Waals surface area contributed by atoms with Gasteiger partial charge in [-0.2, -0.15) is 0 Å². The Morgan fingerprint density at radius 3 is 3.17 bits per heavy atom. The van der Waals surface area contributed by atoms with E-state index >= 15 is 0 Å². The lowest BCUT2D eigenvalue weighted by Gasteiger charge is -2.15. The molecule has 3 rings (SSSR count). The summed E-state index contributed by atoms with van der Waals surface area (Å²) in [7, 11) is 1.74. The minimum absolute atomic E-state index is 0.129. The smallest absolute Gasteiger partial charge is 0.220 e. The van der Waals surface area contributed by atoms with Crippen LogP contribution in [0.4, 0.5) is 0 Å². The second kappa shape index (κ2) is 8.55. The largest absolute Gasteiger partial charge is 0.383 e. The van der Waals surface area contributed by atoms with Crippen molar-refractivity contribution in [2.24, 2.45) is 5.92 Å². The Balaban J connectivity index is 1.37. The highest BCUT2D eigenvalue weighted by Crippen LogP contribution is 2.22. The maximum atomic E-state index is 12.1. The Hall–Kier alpha value is -1.50. The average Bonchev–Trinajstić information content (AvgIpc) is 3.22. The number of methoxy groups -OCH3 is 1. The summed E-state index contributed by atoms with van der Waals surface area (Å²) in [6, 6.07) is 8.11. The van der Waals surface area contributed by atoms with Crippen LogP contribution in [0.5, 0.6) is 0 Å². The van der Waals surface area contributed by atoms with Crippen LogP contribution in [0.15, 0.2) is 24.3 Å². The van der Waals surface area contributed by atoms with E-state index < -0.39 is 0 Å². The number of aryl methyl sites for hydroxylation is 1. The van der Waals surface area contributed by atoms with Crippen molar-refractivity contribution in [3.05, 3.63) is 29.3 Å². The number of nitrogens with zero attached hydrogens (tertiary/aromatic N) is 2. The molecule has 1 atom stereocenters. The van der Waals surface area contributed by atoms with Crippen LogP contribution in [0.3, 0.4) is 0 Å². The Bertz CT molecular complexity index is 640. The van der Waals surface area contributed by atoms with Gasteiger partial charge >= 0.3 is 0 Å². The van der Waals surface area contributed by atoms with Crippen molar-refractivity contribution in [3.8, 4) is 0 Å². The molecule has 0 radical (unpaired) electrons. The lowest BCUT2D eigenvalue weighted by atomic mass is 10.1. The van der Waals surface area contributed by atoms with Crippen LogP contribution in [0, 0.1) is 5.92 Å². The van der Waals surface area contributed by atoms with Crippen molar-refractivity contribution in [1.29, 1.82) is 0 Å². The molecular weight excluding hydrogens is 322 g/mol. The van der Waals surface area contributed by atoms with Crippen molar-refractivity contribution < 1.29 is 9.53 Å². The lowest BCUT2D eigenvalue weighted by Crippen LogP contribution is -2.31. The molecule has 2 aromatic rings. The van der Waals surface area contributed by atoms with Crippen molar-refractivity contribution in [1.82, 2.24) is 15.2 Å². The first-order valence-corrected chi connectivity index (χ1v) is 9.38. The van der Waals surface area contributed by atoms with Crippen LogP contribution in [0.25, 0.3) is 10.2 Å². The van der Waals surface area contributed by atoms with Gasteiger partial charge in [-0.05, 0) is 31.0 Å². The number of hydrogen-bond acceptors (Lipinski definition) is 5. The van der Waals surface area contributed by atoms with Gasteiger partial charge in [0.15, 0.2) is 0 Å². The second-order valence-corrected chi connectivity index (χ2v) is 7.44. The number of para-hydroxylation sites is 1. The third-order valence-electron chi connectivity index (χ3n) is 4.47. The van der Waals surface area contributed by atoms with Crippen LogP contribution in [0.1, 0.15) is 17.8 Å². The fraction of sp³-hybridized carbons (Fsp3) is 0.556. The summed E-state index contributed by atoms with van der Waals surface area (Å²) >= 11 is 1.68. The van der Waals surface area contributed by atoms with Gasteiger partial charge in [-0.25, -0.2) is 4.98 Å². The molecule has 2 heterocycles. The van der Waals surface area contributed by atoms with E-state index in [1.807, 2.05) is 18.2 Å². The standard InChI is InChI=1S/C18H25N3O2S/c1-23-11-10-21-9-8-14(13-21)12-19-17(22)6-7-18-20-15-4-2-3-5-16(15)24-18/h2-5,14H,6-13H2,1H3,(H,19,22)/t14-/m0/s1. The van der Waals surface area contributed by atoms with E-state index in [4.69, 9.17) is 4.74 Å². The molecule has 1 fully saturated rings. The highest BCUT2D eigenvalue weighted by Gasteiger charge is 2.22. The highest BCUT2D eigenvalue weighted by atomic mass is 32.1. The normalized spacial score (nSPS) is 18.3. The summed E-state index contributed by atoms with van der Waals surface area (Å²) in [4.78, 5) is 19.1. The van der Waals surface area contributed by atoms with Gasteiger partial charge in [-0.3, -0.25) is 4.79 Å². The number of ether oxygens (including phenoxy) is 1. The van der Waals surface area contributed by atoms with Crippen LogP contribution in [-0.2, 0) is 16.0 Å². The second-order valence-electron chi connectivity index (χ2n) is 6.33. The molecule has 5 nitrogen and oxygen atoms in total. The summed E-state index contributed by atoms with van der Waals surface area (Å²) in [5.41, 5.74) is 1.03. The molecule has 24 heavy (non-hydrogen) atoms. The fourth-order valence-electron chi connectivity index (χ4n) is 3.10. The Morgan fingerprint density at radius 2 is 2.33 bits per heavy atom. The first-order chi connectivity index (χ1) is 11.7. The molecule has 0 saturated carbocycles. The maximum absolute atomic E-state index is 12.1. The molecule has 0 spiro atoms. The predicted octanol–water partition coefficient (Wildman–Crippen LogP) is 2.31. The van der Waals surface area contributed by atoms with Crippen molar-refractivity contribution >= 4 is 27.5 Å². The molecule has 6 heteroatoms. The molecule has 1 saturated heterocycles. The molecular formula is C18H25N3O2S. The molecule has 1 N–H and O–H groups in total. The molecule has 1 aromatic carbocycles. The number of amides is 1. The Morgan fingerprint density at radius 1 is 1.46 bits per heavy atom. The van der Waals surface area contributed by atoms with E-state index in [9.17, 15) is 4.79 Å². The number of hydrogen-bond donors (Lipinski definition) is 1. The SMILES string of the molecule is COCCN1CC[C@@H](CNC(=O)CCc2nc3ccccc3s2)C1. The minimum atomic E-state index is 0.129. The quantitative estimate of drug-likeness (QED) is 0.796. The third kappa shape index (κ3) is 4.75. The van der Waals surface area contributed by atoms with Gasteiger partial charge in [0.2, 0.25) is 5.91 Å². The molecule has 1 aliphatic rings. The summed E-state index contributed by atoms with van der Waals surface area (Å²) in [6.07, 6.45) is 2.39.